The number of hydrogen-bond acceptors (Lipinski definition) is 4. The Labute approximate surface area is 195 Å². The molecule has 2 aliphatic rings. The van der Waals surface area contributed by atoms with E-state index in [0.717, 1.165) is 37.4 Å². The van der Waals surface area contributed by atoms with Crippen LogP contribution in [0.3, 0.4) is 0 Å². The van der Waals surface area contributed by atoms with Gasteiger partial charge in [-0.15, -0.1) is 24.8 Å². The number of fused-ring (bicyclic) bond motifs is 4. The Morgan fingerprint density at radius 2 is 2.00 bits per heavy atom. The van der Waals surface area contributed by atoms with E-state index >= 15 is 0 Å². The van der Waals surface area contributed by atoms with Crippen molar-refractivity contribution in [1.82, 2.24) is 24.6 Å². The molecule has 2 aliphatic heterocycles. The Balaban J connectivity index is 0.00000136. The smallest absolute Gasteiger partial charge is 0.255 e. The van der Waals surface area contributed by atoms with Crippen LogP contribution in [0.15, 0.2) is 59.7 Å². The molecule has 1 fully saturated rings. The van der Waals surface area contributed by atoms with Crippen LogP contribution in [0.1, 0.15) is 29.2 Å². The number of nitrogens with one attached hydrogen (secondary N) is 1. The summed E-state index contributed by atoms with van der Waals surface area (Å²) in [6.07, 6.45) is 4.94. The molecular weight excluding hydrogens is 433 g/mol. The first-order valence-electron chi connectivity index (χ1n) is 10.4. The Morgan fingerprint density at radius 1 is 1.13 bits per heavy atom. The van der Waals surface area contributed by atoms with Gasteiger partial charge in [-0.3, -0.25) is 9.69 Å². The van der Waals surface area contributed by atoms with Crippen LogP contribution in [0.2, 0.25) is 0 Å². The molecule has 2 atom stereocenters. The Hall–Kier alpha value is -2.12. The van der Waals surface area contributed by atoms with Gasteiger partial charge < -0.3 is 9.88 Å². The average molecular weight is 462 g/mol. The second kappa shape index (κ2) is 10.0. The van der Waals surface area contributed by atoms with Crippen molar-refractivity contribution in [2.24, 2.45) is 5.92 Å². The van der Waals surface area contributed by atoms with E-state index in [0.29, 0.717) is 18.4 Å². The normalized spacial score (nSPS) is 19.3. The number of pyridine rings is 1. The van der Waals surface area contributed by atoms with Gasteiger partial charge in [0.2, 0.25) is 0 Å². The van der Waals surface area contributed by atoms with E-state index in [-0.39, 0.29) is 30.4 Å². The first kappa shape index (κ1) is 23.5. The number of halogens is 2. The van der Waals surface area contributed by atoms with E-state index in [1.165, 1.54) is 17.7 Å². The third kappa shape index (κ3) is 4.88. The Morgan fingerprint density at radius 3 is 2.81 bits per heavy atom. The summed E-state index contributed by atoms with van der Waals surface area (Å²) in [5.41, 5.74) is 4.54. The van der Waals surface area contributed by atoms with Crippen molar-refractivity contribution in [3.05, 3.63) is 82.0 Å². The highest BCUT2D eigenvalue weighted by Crippen LogP contribution is 2.31. The van der Waals surface area contributed by atoms with Crippen LogP contribution < -0.4 is 10.9 Å². The lowest BCUT2D eigenvalue weighted by Gasteiger charge is -2.37. The van der Waals surface area contributed by atoms with Gasteiger partial charge in [-0.25, -0.2) is 4.68 Å². The van der Waals surface area contributed by atoms with Crippen molar-refractivity contribution in [2.75, 3.05) is 20.1 Å². The standard InChI is InChI=1S/C23H27N5O.2ClH/c1-26(14-17-4-2-5-21(11-17)28-9-3-8-25-28)16-19-6-7-22-20-10-18(12-24-13-20)15-27(22)23(19)29;;/h2-9,11,18,20,24H,10,12-16H2,1H3;2*1H/t18-,20+;;/m0../s1. The maximum absolute atomic E-state index is 13.1. The molecule has 0 spiro atoms. The van der Waals surface area contributed by atoms with E-state index < -0.39 is 0 Å². The summed E-state index contributed by atoms with van der Waals surface area (Å²) < 4.78 is 3.91. The van der Waals surface area contributed by atoms with Crippen LogP contribution in [0.25, 0.3) is 5.69 Å². The number of rotatable bonds is 5. The van der Waals surface area contributed by atoms with Crippen molar-refractivity contribution in [1.29, 1.82) is 0 Å². The highest BCUT2D eigenvalue weighted by molar-refractivity contribution is 5.85. The fraction of sp³-hybridized carbons (Fsp3) is 0.391. The molecule has 0 aliphatic carbocycles. The average Bonchev–Trinajstić information content (AvgIpc) is 3.26. The molecule has 1 saturated heterocycles. The molecular formula is C23H29Cl2N5O. The first-order valence-corrected chi connectivity index (χ1v) is 10.4. The van der Waals surface area contributed by atoms with Crippen LogP contribution in [0.4, 0.5) is 0 Å². The predicted octanol–water partition coefficient (Wildman–Crippen LogP) is 3.22. The van der Waals surface area contributed by atoms with Gasteiger partial charge in [0.05, 0.1) is 5.69 Å². The zero-order valence-corrected chi connectivity index (χ0v) is 19.2. The van der Waals surface area contributed by atoms with E-state index in [2.05, 4.69) is 52.7 Å². The van der Waals surface area contributed by atoms with E-state index in [4.69, 9.17) is 0 Å². The van der Waals surface area contributed by atoms with Crippen molar-refractivity contribution in [2.45, 2.75) is 32.0 Å². The minimum atomic E-state index is 0. The minimum Gasteiger partial charge on any atom is -0.316 e. The van der Waals surface area contributed by atoms with Crippen molar-refractivity contribution in [3.63, 3.8) is 0 Å². The highest BCUT2D eigenvalue weighted by atomic mass is 35.5. The quantitative estimate of drug-likeness (QED) is 0.633. The van der Waals surface area contributed by atoms with E-state index in [1.54, 1.807) is 6.20 Å². The van der Waals surface area contributed by atoms with E-state index in [1.807, 2.05) is 27.6 Å². The molecule has 5 rings (SSSR count). The molecule has 0 amide bonds. The molecule has 4 heterocycles. The summed E-state index contributed by atoms with van der Waals surface area (Å²) in [6, 6.07) is 14.5. The maximum Gasteiger partial charge on any atom is 0.255 e. The summed E-state index contributed by atoms with van der Waals surface area (Å²) in [4.78, 5) is 15.4. The largest absolute Gasteiger partial charge is 0.316 e. The summed E-state index contributed by atoms with van der Waals surface area (Å²) in [5, 5.41) is 7.81. The molecule has 2 aromatic heterocycles. The van der Waals surface area contributed by atoms with Crippen LogP contribution in [0, 0.1) is 5.92 Å². The van der Waals surface area contributed by atoms with Gasteiger partial charge in [0, 0.05) is 55.7 Å². The van der Waals surface area contributed by atoms with Gasteiger partial charge >= 0.3 is 0 Å². The van der Waals surface area contributed by atoms with E-state index in [9.17, 15) is 4.79 Å². The lowest BCUT2D eigenvalue weighted by molar-refractivity contribution is 0.254. The molecule has 1 N–H and O–H groups in total. The summed E-state index contributed by atoms with van der Waals surface area (Å²) >= 11 is 0. The van der Waals surface area contributed by atoms with Crippen LogP contribution in [-0.4, -0.2) is 39.4 Å². The zero-order chi connectivity index (χ0) is 19.8. The SMILES string of the molecule is CN(Cc1cccc(-n2cccn2)c1)Cc1ccc2n(c1=O)C[C@@H]1CNC[C@H]2C1.Cl.Cl. The fourth-order valence-corrected chi connectivity index (χ4v) is 4.83. The van der Waals surface area contributed by atoms with Gasteiger partial charge in [0.25, 0.3) is 5.56 Å². The fourth-order valence-electron chi connectivity index (χ4n) is 4.83. The minimum absolute atomic E-state index is 0. The summed E-state index contributed by atoms with van der Waals surface area (Å²) in [5.74, 6) is 1.06. The molecule has 166 valence electrons. The van der Waals surface area contributed by atoms with Gasteiger partial charge in [-0.05, 0) is 55.8 Å². The molecule has 6 nitrogen and oxygen atoms in total. The van der Waals surface area contributed by atoms with Gasteiger partial charge in [-0.2, -0.15) is 5.10 Å². The number of nitrogens with zero attached hydrogens (tertiary/aromatic N) is 4. The van der Waals surface area contributed by atoms with Gasteiger partial charge in [0.15, 0.2) is 0 Å². The number of hydrogen-bond donors (Lipinski definition) is 1. The zero-order valence-electron chi connectivity index (χ0n) is 17.6. The van der Waals surface area contributed by atoms with Crippen molar-refractivity contribution < 1.29 is 0 Å². The summed E-state index contributed by atoms with van der Waals surface area (Å²) in [6.45, 7) is 4.30. The number of aromatic nitrogens is 3. The second-order valence-electron chi connectivity index (χ2n) is 8.45. The third-order valence-electron chi connectivity index (χ3n) is 6.16. The van der Waals surface area contributed by atoms with Gasteiger partial charge in [0.1, 0.15) is 0 Å². The van der Waals surface area contributed by atoms with Crippen molar-refractivity contribution >= 4 is 24.8 Å². The van der Waals surface area contributed by atoms with Crippen molar-refractivity contribution in [3.8, 4) is 5.69 Å². The van der Waals surface area contributed by atoms with Crippen LogP contribution in [0.5, 0.6) is 0 Å². The summed E-state index contributed by atoms with van der Waals surface area (Å²) in [7, 11) is 2.07. The lowest BCUT2D eigenvalue weighted by Crippen LogP contribution is -2.45. The molecule has 8 heteroatoms. The molecule has 2 bridgehead atoms. The monoisotopic (exact) mass is 461 g/mol. The maximum atomic E-state index is 13.1. The third-order valence-corrected chi connectivity index (χ3v) is 6.16. The predicted molar refractivity (Wildman–Crippen MR) is 128 cm³/mol. The molecule has 3 aromatic rings. The highest BCUT2D eigenvalue weighted by Gasteiger charge is 2.31. The first-order chi connectivity index (χ1) is 14.2. The Bertz CT molecular complexity index is 1070. The Kier molecular flexibility index (Phi) is 7.59. The molecule has 0 unspecified atom stereocenters. The molecule has 0 saturated carbocycles. The second-order valence-corrected chi connectivity index (χ2v) is 8.45. The molecule has 0 radical (unpaired) electrons. The van der Waals surface area contributed by atoms with Crippen LogP contribution >= 0.6 is 24.8 Å². The van der Waals surface area contributed by atoms with Gasteiger partial charge in [-0.1, -0.05) is 18.2 Å². The number of piperidine rings is 1. The number of benzene rings is 1. The van der Waals surface area contributed by atoms with Crippen LogP contribution in [-0.2, 0) is 19.6 Å². The lowest BCUT2D eigenvalue weighted by atomic mass is 9.84. The molecule has 31 heavy (non-hydrogen) atoms. The topological polar surface area (TPSA) is 55.1 Å². The molecule has 1 aromatic carbocycles.